The molecule has 0 atom stereocenters. The largest absolute Gasteiger partial charge is 0.350 e. The van der Waals surface area contributed by atoms with Gasteiger partial charge in [0.2, 0.25) is 11.7 Å². The molecule has 0 aliphatic carbocycles. The molecule has 0 saturated heterocycles. The zero-order valence-corrected chi connectivity index (χ0v) is 17.8. The predicted octanol–water partition coefficient (Wildman–Crippen LogP) is 3.78. The molecule has 3 heterocycles. The summed E-state index contributed by atoms with van der Waals surface area (Å²) in [6.07, 6.45) is 1.47. The van der Waals surface area contributed by atoms with Gasteiger partial charge in [-0.1, -0.05) is 28.9 Å². The number of carbonyl (C=O) groups is 1. The fourth-order valence-corrected chi connectivity index (χ4v) is 3.49. The summed E-state index contributed by atoms with van der Waals surface area (Å²) in [5.41, 5.74) is 0.352. The summed E-state index contributed by atoms with van der Waals surface area (Å²) < 4.78 is 34.4. The van der Waals surface area contributed by atoms with Crippen LogP contribution in [0.1, 0.15) is 0 Å². The van der Waals surface area contributed by atoms with Gasteiger partial charge < -0.3 is 9.84 Å². The smallest absolute Gasteiger partial charge is 0.333 e. The molecule has 1 N–H and O–H groups in total. The monoisotopic (exact) mass is 482 g/mol. The van der Waals surface area contributed by atoms with Crippen LogP contribution in [0.25, 0.3) is 28.5 Å². The summed E-state index contributed by atoms with van der Waals surface area (Å²) in [6.45, 7) is -0.506. The van der Waals surface area contributed by atoms with Gasteiger partial charge >= 0.3 is 5.69 Å². The van der Waals surface area contributed by atoms with E-state index in [4.69, 9.17) is 16.1 Å². The van der Waals surface area contributed by atoms with Gasteiger partial charge in [0.15, 0.2) is 5.65 Å². The molecule has 9 nitrogen and oxygen atoms in total. The maximum Gasteiger partial charge on any atom is 0.350 e. The third kappa shape index (κ3) is 4.04. The van der Waals surface area contributed by atoms with Gasteiger partial charge in [0.1, 0.15) is 18.2 Å². The first-order valence-electron chi connectivity index (χ1n) is 9.82. The predicted molar refractivity (Wildman–Crippen MR) is 118 cm³/mol. The third-order valence-corrected chi connectivity index (χ3v) is 5.08. The lowest BCUT2D eigenvalue weighted by Crippen LogP contribution is -2.28. The minimum atomic E-state index is -0.940. The first-order valence-corrected chi connectivity index (χ1v) is 10.2. The van der Waals surface area contributed by atoms with E-state index in [1.54, 1.807) is 36.4 Å². The molecule has 12 heteroatoms. The number of nitrogens with one attached hydrogen (secondary N) is 1. The molecule has 5 rings (SSSR count). The van der Waals surface area contributed by atoms with E-state index in [0.717, 1.165) is 16.8 Å². The molecule has 0 saturated carbocycles. The van der Waals surface area contributed by atoms with Gasteiger partial charge in [-0.2, -0.15) is 4.98 Å². The highest BCUT2D eigenvalue weighted by Gasteiger charge is 2.19. The summed E-state index contributed by atoms with van der Waals surface area (Å²) in [5.74, 6) is -2.04. The number of hydrogen-bond acceptors (Lipinski definition) is 6. The van der Waals surface area contributed by atoms with Gasteiger partial charge in [0.25, 0.3) is 5.89 Å². The van der Waals surface area contributed by atoms with Crippen molar-refractivity contribution in [1.29, 1.82) is 0 Å². The van der Waals surface area contributed by atoms with Crippen LogP contribution in [-0.2, 0) is 11.3 Å². The SMILES string of the molecule is O=C(Cn1nc2c(-c3nc(-c4cccc(Cl)c4)no3)cccn2c1=O)Nc1ccc(F)cc1F. The number of nitrogens with zero attached hydrogens (tertiary/aromatic N) is 5. The van der Waals surface area contributed by atoms with Crippen LogP contribution >= 0.6 is 11.6 Å². The Hall–Kier alpha value is -4.38. The van der Waals surface area contributed by atoms with E-state index in [0.29, 0.717) is 28.0 Å². The van der Waals surface area contributed by atoms with E-state index in [-0.39, 0.29) is 17.2 Å². The first kappa shape index (κ1) is 21.5. The minimum Gasteiger partial charge on any atom is -0.333 e. The van der Waals surface area contributed by atoms with Crippen molar-refractivity contribution < 1.29 is 18.1 Å². The second kappa shape index (κ2) is 8.52. The van der Waals surface area contributed by atoms with E-state index < -0.39 is 29.8 Å². The van der Waals surface area contributed by atoms with Crippen LogP contribution in [0, 0.1) is 11.6 Å². The molecule has 0 fully saturated rings. The zero-order valence-electron chi connectivity index (χ0n) is 17.1. The molecule has 3 aromatic heterocycles. The highest BCUT2D eigenvalue weighted by molar-refractivity contribution is 6.30. The van der Waals surface area contributed by atoms with E-state index in [9.17, 15) is 18.4 Å². The summed E-state index contributed by atoms with van der Waals surface area (Å²) >= 11 is 6.02. The summed E-state index contributed by atoms with van der Waals surface area (Å²) in [5, 5.41) is 11.0. The average molecular weight is 483 g/mol. The molecule has 0 aliphatic rings. The van der Waals surface area contributed by atoms with Crippen molar-refractivity contribution in [2.75, 3.05) is 5.32 Å². The Morgan fingerprint density at radius 3 is 2.76 bits per heavy atom. The van der Waals surface area contributed by atoms with E-state index in [2.05, 4.69) is 20.6 Å². The van der Waals surface area contributed by atoms with Gasteiger partial charge in [-0.25, -0.2) is 22.7 Å². The quantitative estimate of drug-likeness (QED) is 0.408. The molecule has 0 radical (unpaired) electrons. The number of fused-ring (bicyclic) bond motifs is 1. The maximum atomic E-state index is 13.8. The molecule has 0 spiro atoms. The Kier molecular flexibility index (Phi) is 5.38. The Labute approximate surface area is 194 Å². The molecule has 0 bridgehead atoms. The lowest BCUT2D eigenvalue weighted by Gasteiger charge is -2.05. The van der Waals surface area contributed by atoms with Crippen molar-refractivity contribution >= 4 is 28.8 Å². The molecule has 5 aromatic rings. The van der Waals surface area contributed by atoms with Crippen LogP contribution < -0.4 is 11.0 Å². The second-order valence-corrected chi connectivity index (χ2v) is 7.60. The molecular weight excluding hydrogens is 470 g/mol. The fourth-order valence-electron chi connectivity index (χ4n) is 3.30. The normalized spacial score (nSPS) is 11.1. The van der Waals surface area contributed by atoms with Crippen molar-refractivity contribution in [2.24, 2.45) is 0 Å². The molecule has 1 amide bonds. The fraction of sp³-hybridized carbons (Fsp3) is 0.0455. The summed E-state index contributed by atoms with van der Waals surface area (Å²) in [6, 6.07) is 12.9. The lowest BCUT2D eigenvalue weighted by molar-refractivity contribution is -0.117. The Morgan fingerprint density at radius 2 is 1.97 bits per heavy atom. The zero-order chi connectivity index (χ0) is 23.8. The molecule has 34 heavy (non-hydrogen) atoms. The van der Waals surface area contributed by atoms with Crippen LogP contribution in [0.4, 0.5) is 14.5 Å². The molecule has 2 aromatic carbocycles. The standard InChI is InChI=1S/C22H13ClF2N6O3/c23-13-4-1-3-12(9-13)19-27-21(34-29-19)15-5-2-8-30-20(15)28-31(22(30)33)11-18(32)26-17-7-6-14(24)10-16(17)25/h1-10H,11H2,(H,26,32). The number of halogens is 3. The average Bonchev–Trinajstić information content (AvgIpc) is 3.41. The van der Waals surface area contributed by atoms with Crippen LogP contribution in [-0.4, -0.2) is 30.2 Å². The highest BCUT2D eigenvalue weighted by Crippen LogP contribution is 2.25. The Bertz CT molecular complexity index is 1610. The van der Waals surface area contributed by atoms with Crippen LogP contribution in [0.2, 0.25) is 5.02 Å². The first-order chi connectivity index (χ1) is 16.4. The summed E-state index contributed by atoms with van der Waals surface area (Å²) in [4.78, 5) is 29.5. The topological polar surface area (TPSA) is 107 Å². The number of anilines is 1. The third-order valence-electron chi connectivity index (χ3n) is 4.85. The number of rotatable bonds is 5. The van der Waals surface area contributed by atoms with Crippen molar-refractivity contribution in [3.8, 4) is 22.8 Å². The number of aromatic nitrogens is 5. The van der Waals surface area contributed by atoms with Gasteiger partial charge in [0.05, 0.1) is 11.3 Å². The van der Waals surface area contributed by atoms with Crippen molar-refractivity contribution in [1.82, 2.24) is 24.3 Å². The molecular formula is C22H13ClF2N6O3. The van der Waals surface area contributed by atoms with Crippen molar-refractivity contribution in [2.45, 2.75) is 6.54 Å². The number of benzene rings is 2. The van der Waals surface area contributed by atoms with Gasteiger partial charge in [-0.05, 0) is 36.4 Å². The molecule has 0 unspecified atom stereocenters. The van der Waals surface area contributed by atoms with E-state index in [1.165, 1.54) is 10.6 Å². The maximum absolute atomic E-state index is 13.8. The lowest BCUT2D eigenvalue weighted by atomic mass is 10.2. The summed E-state index contributed by atoms with van der Waals surface area (Å²) in [7, 11) is 0. The number of amides is 1. The highest BCUT2D eigenvalue weighted by atomic mass is 35.5. The van der Waals surface area contributed by atoms with E-state index >= 15 is 0 Å². The van der Waals surface area contributed by atoms with E-state index in [1.807, 2.05) is 0 Å². The van der Waals surface area contributed by atoms with Crippen LogP contribution in [0.15, 0.2) is 70.1 Å². The Morgan fingerprint density at radius 1 is 1.12 bits per heavy atom. The molecule has 170 valence electrons. The van der Waals surface area contributed by atoms with Crippen LogP contribution in [0.5, 0.6) is 0 Å². The minimum absolute atomic E-state index is 0.107. The molecule has 0 aliphatic heterocycles. The van der Waals surface area contributed by atoms with Crippen molar-refractivity contribution in [3.05, 3.63) is 87.9 Å². The number of hydrogen-bond donors (Lipinski definition) is 1. The van der Waals surface area contributed by atoms with Crippen molar-refractivity contribution in [3.63, 3.8) is 0 Å². The van der Waals surface area contributed by atoms with Gasteiger partial charge in [0, 0.05) is 22.8 Å². The van der Waals surface area contributed by atoms with Gasteiger partial charge in [-0.3, -0.25) is 4.79 Å². The van der Waals surface area contributed by atoms with Gasteiger partial charge in [-0.15, -0.1) is 5.10 Å². The van der Waals surface area contributed by atoms with Crippen LogP contribution in [0.3, 0.4) is 0 Å². The number of carbonyl (C=O) groups excluding carboxylic acids is 1. The second-order valence-electron chi connectivity index (χ2n) is 7.16. The Balaban J connectivity index is 1.45. The number of pyridine rings is 1.